The Hall–Kier alpha value is -3.22. The summed E-state index contributed by atoms with van der Waals surface area (Å²) in [5.74, 6) is -0.751. The first-order valence-corrected chi connectivity index (χ1v) is 7.84. The summed E-state index contributed by atoms with van der Waals surface area (Å²) in [6.07, 6.45) is 0. The van der Waals surface area contributed by atoms with Crippen LogP contribution in [-0.4, -0.2) is 25.6 Å². The molecule has 3 aromatic rings. The van der Waals surface area contributed by atoms with Gasteiger partial charge in [-0.1, -0.05) is 19.9 Å². The maximum Gasteiger partial charge on any atom is 0.339 e. The third kappa shape index (κ3) is 3.08. The van der Waals surface area contributed by atoms with E-state index >= 15 is 0 Å². The number of fused-ring (bicyclic) bond motifs is 1. The van der Waals surface area contributed by atoms with Crippen LogP contribution in [0, 0.1) is 6.92 Å². The summed E-state index contributed by atoms with van der Waals surface area (Å²) in [6, 6.07) is 9.88. The van der Waals surface area contributed by atoms with Gasteiger partial charge in [-0.05, 0) is 43.2 Å². The number of hydrogen-bond donors (Lipinski definition) is 2. The van der Waals surface area contributed by atoms with Crippen molar-refractivity contribution in [3.05, 3.63) is 53.3 Å². The number of carbonyl (C=O) groups is 1. The van der Waals surface area contributed by atoms with Gasteiger partial charge in [-0.15, -0.1) is 10.2 Å². The van der Waals surface area contributed by atoms with E-state index in [1.165, 1.54) is 18.2 Å². The summed E-state index contributed by atoms with van der Waals surface area (Å²) in [6.45, 7) is 6.01. The van der Waals surface area contributed by atoms with E-state index in [4.69, 9.17) is 5.11 Å². The topological polar surface area (TPSA) is 99.5 Å². The number of benzene rings is 1. The molecule has 25 heavy (non-hydrogen) atoms. The molecule has 7 heteroatoms. The van der Waals surface area contributed by atoms with Gasteiger partial charge >= 0.3 is 5.97 Å². The molecule has 0 aliphatic carbocycles. The van der Waals surface area contributed by atoms with Crippen LogP contribution < -0.4 is 0 Å². The highest BCUT2D eigenvalue weighted by molar-refractivity contribution is 5.91. The van der Waals surface area contributed by atoms with E-state index in [-0.39, 0.29) is 17.2 Å². The maximum atomic E-state index is 11.1. The molecule has 0 fully saturated rings. The largest absolute Gasteiger partial charge is 0.507 e. The minimum Gasteiger partial charge on any atom is -0.507 e. The predicted molar refractivity (Wildman–Crippen MR) is 93.3 cm³/mol. The summed E-state index contributed by atoms with van der Waals surface area (Å²) >= 11 is 0. The second kappa shape index (κ2) is 6.35. The Kier molecular flexibility index (Phi) is 4.22. The molecule has 0 saturated heterocycles. The van der Waals surface area contributed by atoms with Gasteiger partial charge in [0.1, 0.15) is 17.0 Å². The van der Waals surface area contributed by atoms with Crippen molar-refractivity contribution >= 4 is 23.1 Å². The SMILES string of the molecule is Cc1cccc2nc(C(C)C)c(N=Nc3ccc(O)c(C(=O)O)c3)n12. The number of carboxylic acids is 1. The Labute approximate surface area is 144 Å². The van der Waals surface area contributed by atoms with Crippen LogP contribution in [0.25, 0.3) is 5.65 Å². The first kappa shape index (κ1) is 16.6. The Morgan fingerprint density at radius 1 is 1.20 bits per heavy atom. The zero-order valence-corrected chi connectivity index (χ0v) is 14.1. The first-order valence-electron chi connectivity index (χ1n) is 7.84. The van der Waals surface area contributed by atoms with Crippen LogP contribution in [0.15, 0.2) is 46.6 Å². The standard InChI is InChI=1S/C18H18N4O3/c1-10(2)16-17(22-11(3)5-4-6-15(22)19-16)21-20-12-7-8-14(23)13(9-12)18(24)25/h4-10,23H,1-3H3,(H,24,25). The fourth-order valence-electron chi connectivity index (χ4n) is 2.60. The molecule has 0 saturated carbocycles. The lowest BCUT2D eigenvalue weighted by Gasteiger charge is -2.04. The minimum atomic E-state index is -1.22. The monoisotopic (exact) mass is 338 g/mol. The lowest BCUT2D eigenvalue weighted by Crippen LogP contribution is -1.95. The molecule has 0 bridgehead atoms. The molecule has 7 nitrogen and oxygen atoms in total. The number of hydrogen-bond acceptors (Lipinski definition) is 5. The number of aromatic nitrogens is 2. The van der Waals surface area contributed by atoms with Crippen molar-refractivity contribution in [2.45, 2.75) is 26.7 Å². The van der Waals surface area contributed by atoms with E-state index in [1.807, 2.05) is 43.4 Å². The molecular weight excluding hydrogens is 320 g/mol. The molecule has 2 aromatic heterocycles. The number of aryl methyl sites for hydroxylation is 1. The number of phenols is 1. The van der Waals surface area contributed by atoms with Gasteiger partial charge < -0.3 is 10.2 Å². The molecule has 0 amide bonds. The van der Waals surface area contributed by atoms with E-state index in [0.29, 0.717) is 11.5 Å². The highest BCUT2D eigenvalue weighted by Gasteiger charge is 2.16. The average Bonchev–Trinajstić information content (AvgIpc) is 2.94. The molecule has 0 aliphatic heterocycles. The van der Waals surface area contributed by atoms with Gasteiger partial charge in [-0.3, -0.25) is 4.40 Å². The lowest BCUT2D eigenvalue weighted by atomic mass is 10.1. The second-order valence-corrected chi connectivity index (χ2v) is 6.04. The summed E-state index contributed by atoms with van der Waals surface area (Å²) in [5, 5.41) is 27.2. The van der Waals surface area contributed by atoms with Crippen LogP contribution in [0.5, 0.6) is 5.75 Å². The van der Waals surface area contributed by atoms with Crippen molar-refractivity contribution in [3.63, 3.8) is 0 Å². The molecule has 0 spiro atoms. The minimum absolute atomic E-state index is 0.155. The number of pyridine rings is 1. The van der Waals surface area contributed by atoms with E-state index in [2.05, 4.69) is 15.2 Å². The van der Waals surface area contributed by atoms with Crippen molar-refractivity contribution in [1.82, 2.24) is 9.38 Å². The van der Waals surface area contributed by atoms with E-state index in [1.54, 1.807) is 0 Å². The summed E-state index contributed by atoms with van der Waals surface area (Å²) < 4.78 is 1.91. The second-order valence-electron chi connectivity index (χ2n) is 6.04. The van der Waals surface area contributed by atoms with Crippen LogP contribution in [0.4, 0.5) is 11.5 Å². The number of carboxylic acid groups (broad SMARTS) is 1. The summed E-state index contributed by atoms with van der Waals surface area (Å²) in [4.78, 5) is 15.7. The maximum absolute atomic E-state index is 11.1. The molecule has 3 rings (SSSR count). The number of aromatic carboxylic acids is 1. The first-order chi connectivity index (χ1) is 11.9. The summed E-state index contributed by atoms with van der Waals surface area (Å²) in [7, 11) is 0. The molecule has 0 atom stereocenters. The predicted octanol–water partition coefficient (Wildman–Crippen LogP) is 4.59. The van der Waals surface area contributed by atoms with Crippen molar-refractivity contribution in [2.75, 3.05) is 0 Å². The van der Waals surface area contributed by atoms with E-state index in [9.17, 15) is 9.90 Å². The molecule has 1 aromatic carbocycles. The Balaban J connectivity index is 2.11. The van der Waals surface area contributed by atoms with Crippen LogP contribution >= 0.6 is 0 Å². The van der Waals surface area contributed by atoms with Gasteiger partial charge in [0, 0.05) is 5.69 Å². The normalized spacial score (nSPS) is 11.7. The molecule has 0 radical (unpaired) electrons. The molecule has 128 valence electrons. The van der Waals surface area contributed by atoms with Crippen LogP contribution in [-0.2, 0) is 0 Å². The van der Waals surface area contributed by atoms with Gasteiger partial charge in [-0.2, -0.15) is 0 Å². The number of nitrogens with zero attached hydrogens (tertiary/aromatic N) is 4. The highest BCUT2D eigenvalue weighted by Crippen LogP contribution is 2.31. The Morgan fingerprint density at radius 2 is 1.96 bits per heavy atom. The third-order valence-corrected chi connectivity index (χ3v) is 3.86. The Bertz CT molecular complexity index is 989. The number of aromatic hydroxyl groups is 1. The van der Waals surface area contributed by atoms with Gasteiger partial charge in [0.2, 0.25) is 0 Å². The van der Waals surface area contributed by atoms with Gasteiger partial charge in [0.25, 0.3) is 0 Å². The molecular formula is C18H18N4O3. The number of imidazole rings is 1. The molecule has 2 N–H and O–H groups in total. The highest BCUT2D eigenvalue weighted by atomic mass is 16.4. The quantitative estimate of drug-likeness (QED) is 0.680. The van der Waals surface area contributed by atoms with Gasteiger partial charge in [-0.25, -0.2) is 9.78 Å². The summed E-state index contributed by atoms with van der Waals surface area (Å²) in [5.41, 5.74) is 2.70. The Morgan fingerprint density at radius 3 is 2.64 bits per heavy atom. The van der Waals surface area contributed by atoms with Crippen LogP contribution in [0.2, 0.25) is 0 Å². The number of rotatable bonds is 4. The van der Waals surface area contributed by atoms with Gasteiger partial charge in [0.05, 0.1) is 11.4 Å². The smallest absolute Gasteiger partial charge is 0.339 e. The average molecular weight is 338 g/mol. The third-order valence-electron chi connectivity index (χ3n) is 3.86. The zero-order valence-electron chi connectivity index (χ0n) is 14.1. The lowest BCUT2D eigenvalue weighted by molar-refractivity contribution is 0.0694. The van der Waals surface area contributed by atoms with E-state index in [0.717, 1.165) is 17.0 Å². The fourth-order valence-corrected chi connectivity index (χ4v) is 2.60. The zero-order chi connectivity index (χ0) is 18.1. The van der Waals surface area contributed by atoms with Crippen LogP contribution in [0.3, 0.4) is 0 Å². The van der Waals surface area contributed by atoms with Crippen LogP contribution in [0.1, 0.15) is 41.5 Å². The van der Waals surface area contributed by atoms with Crippen molar-refractivity contribution in [1.29, 1.82) is 0 Å². The number of azo groups is 1. The molecule has 0 aliphatic rings. The van der Waals surface area contributed by atoms with Crippen molar-refractivity contribution in [2.24, 2.45) is 10.2 Å². The molecule has 2 heterocycles. The van der Waals surface area contributed by atoms with Crippen molar-refractivity contribution in [3.8, 4) is 5.75 Å². The van der Waals surface area contributed by atoms with Crippen molar-refractivity contribution < 1.29 is 15.0 Å². The molecule has 0 unspecified atom stereocenters. The fraction of sp³-hybridized carbons (Fsp3) is 0.222. The van der Waals surface area contributed by atoms with Gasteiger partial charge in [0.15, 0.2) is 5.82 Å². The van der Waals surface area contributed by atoms with E-state index < -0.39 is 5.97 Å².